The molecule has 1 aromatic rings. The molecule has 1 heterocycles. The van der Waals surface area contributed by atoms with E-state index in [2.05, 4.69) is 34.4 Å². The fourth-order valence-electron chi connectivity index (χ4n) is 3.86. The zero-order chi connectivity index (χ0) is 20.7. The summed E-state index contributed by atoms with van der Waals surface area (Å²) in [6.45, 7) is 10.2. The largest absolute Gasteiger partial charge is 0.355 e. The molecule has 1 saturated heterocycles. The van der Waals surface area contributed by atoms with Gasteiger partial charge in [-0.15, -0.1) is 24.0 Å². The molecule has 0 bridgehead atoms. The predicted octanol–water partition coefficient (Wildman–Crippen LogP) is 3.19. The van der Waals surface area contributed by atoms with Crippen LogP contribution in [0.15, 0.2) is 28.1 Å². The SMILES string of the molecule is CN=C(NCc1ccc(S(C)(=O)=O)c(C)c1)NCC1CCCCN1CC(C)C.I. The number of aryl methyl sites for hydroxylation is 1. The first kappa shape index (κ1) is 26.2. The van der Waals surface area contributed by atoms with Crippen molar-refractivity contribution in [2.24, 2.45) is 10.9 Å². The molecular weight excluding hydrogens is 499 g/mol. The number of hydrogen-bond acceptors (Lipinski definition) is 4. The average Bonchev–Trinajstić information content (AvgIpc) is 2.61. The van der Waals surface area contributed by atoms with E-state index in [1.165, 1.54) is 32.1 Å². The van der Waals surface area contributed by atoms with Crippen molar-refractivity contribution in [1.82, 2.24) is 15.5 Å². The van der Waals surface area contributed by atoms with E-state index in [9.17, 15) is 8.42 Å². The lowest BCUT2D eigenvalue weighted by molar-refractivity contribution is 0.133. The van der Waals surface area contributed by atoms with Crippen molar-refractivity contribution in [2.75, 3.05) is 32.9 Å². The van der Waals surface area contributed by atoms with Crippen LogP contribution < -0.4 is 10.6 Å². The number of nitrogens with one attached hydrogen (secondary N) is 2. The highest BCUT2D eigenvalue weighted by Crippen LogP contribution is 2.18. The van der Waals surface area contributed by atoms with Gasteiger partial charge in [0.15, 0.2) is 15.8 Å². The Morgan fingerprint density at radius 1 is 1.28 bits per heavy atom. The van der Waals surface area contributed by atoms with E-state index < -0.39 is 9.84 Å². The highest BCUT2D eigenvalue weighted by molar-refractivity contribution is 14.0. The fraction of sp³-hybridized carbons (Fsp3) is 0.667. The van der Waals surface area contributed by atoms with Gasteiger partial charge in [0.05, 0.1) is 4.90 Å². The molecule has 0 spiro atoms. The number of benzene rings is 1. The Morgan fingerprint density at radius 3 is 2.59 bits per heavy atom. The first-order valence-electron chi connectivity index (χ1n) is 10.2. The lowest BCUT2D eigenvalue weighted by atomic mass is 10.0. The average molecular weight is 537 g/mol. The maximum atomic E-state index is 11.8. The molecule has 0 aliphatic carbocycles. The van der Waals surface area contributed by atoms with Crippen LogP contribution >= 0.6 is 24.0 Å². The second kappa shape index (κ2) is 12.1. The first-order valence-corrected chi connectivity index (χ1v) is 12.1. The molecule has 29 heavy (non-hydrogen) atoms. The number of aliphatic imine (C=N–C) groups is 1. The third-order valence-corrected chi connectivity index (χ3v) is 6.43. The number of sulfone groups is 1. The van der Waals surface area contributed by atoms with Crippen molar-refractivity contribution in [2.45, 2.75) is 57.5 Å². The van der Waals surface area contributed by atoms with Gasteiger partial charge in [0, 0.05) is 39.0 Å². The second-order valence-electron chi connectivity index (χ2n) is 8.22. The molecule has 1 aliphatic rings. The van der Waals surface area contributed by atoms with Crippen molar-refractivity contribution in [1.29, 1.82) is 0 Å². The molecule has 0 aromatic heterocycles. The second-order valence-corrected chi connectivity index (χ2v) is 10.2. The molecular formula is C21H37IN4O2S. The van der Waals surface area contributed by atoms with Gasteiger partial charge in [-0.25, -0.2) is 8.42 Å². The lowest BCUT2D eigenvalue weighted by Gasteiger charge is -2.37. The maximum absolute atomic E-state index is 11.8. The molecule has 6 nitrogen and oxygen atoms in total. The minimum atomic E-state index is -3.18. The van der Waals surface area contributed by atoms with E-state index in [-0.39, 0.29) is 24.0 Å². The van der Waals surface area contributed by atoms with Gasteiger partial charge in [0.25, 0.3) is 0 Å². The van der Waals surface area contributed by atoms with Gasteiger partial charge >= 0.3 is 0 Å². The summed E-state index contributed by atoms with van der Waals surface area (Å²) in [6.07, 6.45) is 5.05. The van der Waals surface area contributed by atoms with Gasteiger partial charge < -0.3 is 10.6 Å². The Kier molecular flexibility index (Phi) is 10.9. The zero-order valence-corrected chi connectivity index (χ0v) is 21.5. The Hall–Kier alpha value is -0.870. The van der Waals surface area contributed by atoms with Crippen molar-refractivity contribution in [3.05, 3.63) is 29.3 Å². The van der Waals surface area contributed by atoms with Crippen LogP contribution in [-0.2, 0) is 16.4 Å². The minimum absolute atomic E-state index is 0. The Balaban J connectivity index is 0.00000420. The summed E-state index contributed by atoms with van der Waals surface area (Å²) in [5.41, 5.74) is 1.81. The number of hydrogen-bond donors (Lipinski definition) is 2. The third-order valence-electron chi connectivity index (χ3n) is 5.18. The molecule has 0 amide bonds. The van der Waals surface area contributed by atoms with E-state index in [0.717, 1.165) is 30.2 Å². The molecule has 166 valence electrons. The van der Waals surface area contributed by atoms with Gasteiger partial charge in [-0.05, 0) is 49.4 Å². The molecule has 1 fully saturated rings. The number of nitrogens with zero attached hydrogens (tertiary/aromatic N) is 2. The topological polar surface area (TPSA) is 73.8 Å². The van der Waals surface area contributed by atoms with E-state index in [0.29, 0.717) is 23.4 Å². The molecule has 1 unspecified atom stereocenters. The van der Waals surface area contributed by atoms with Gasteiger partial charge in [-0.2, -0.15) is 0 Å². The quantitative estimate of drug-likeness (QED) is 0.318. The zero-order valence-electron chi connectivity index (χ0n) is 18.4. The van der Waals surface area contributed by atoms with E-state index in [4.69, 9.17) is 0 Å². The van der Waals surface area contributed by atoms with Crippen LogP contribution in [0, 0.1) is 12.8 Å². The van der Waals surface area contributed by atoms with Gasteiger partial charge in [-0.1, -0.05) is 32.4 Å². The number of piperidine rings is 1. The van der Waals surface area contributed by atoms with Crippen LogP contribution in [0.4, 0.5) is 0 Å². The summed E-state index contributed by atoms with van der Waals surface area (Å²) in [4.78, 5) is 7.32. The maximum Gasteiger partial charge on any atom is 0.191 e. The highest BCUT2D eigenvalue weighted by atomic mass is 127. The minimum Gasteiger partial charge on any atom is -0.355 e. The summed E-state index contributed by atoms with van der Waals surface area (Å²) in [5.74, 6) is 1.45. The highest BCUT2D eigenvalue weighted by Gasteiger charge is 2.22. The van der Waals surface area contributed by atoms with Crippen molar-refractivity contribution in [3.8, 4) is 0 Å². The van der Waals surface area contributed by atoms with Gasteiger partial charge in [0.1, 0.15) is 0 Å². The number of guanidine groups is 1. The van der Waals surface area contributed by atoms with Crippen LogP contribution in [0.5, 0.6) is 0 Å². The fourth-order valence-corrected chi connectivity index (χ4v) is 4.82. The van der Waals surface area contributed by atoms with Crippen LogP contribution in [-0.4, -0.2) is 58.3 Å². The van der Waals surface area contributed by atoms with Gasteiger partial charge in [0.2, 0.25) is 0 Å². The molecule has 2 rings (SSSR count). The van der Waals surface area contributed by atoms with Crippen LogP contribution in [0.1, 0.15) is 44.2 Å². The Morgan fingerprint density at radius 2 is 2.00 bits per heavy atom. The predicted molar refractivity (Wildman–Crippen MR) is 132 cm³/mol. The Bertz CT molecular complexity index is 781. The summed E-state index contributed by atoms with van der Waals surface area (Å²) in [5, 5.41) is 6.80. The number of likely N-dealkylation sites (tertiary alicyclic amines) is 1. The lowest BCUT2D eigenvalue weighted by Crippen LogP contribution is -2.49. The molecule has 1 aromatic carbocycles. The Labute approximate surface area is 193 Å². The summed E-state index contributed by atoms with van der Waals surface area (Å²) in [6, 6.07) is 6.01. The number of rotatable bonds is 7. The van der Waals surface area contributed by atoms with Crippen LogP contribution in [0.25, 0.3) is 0 Å². The molecule has 1 atom stereocenters. The summed E-state index contributed by atoms with van der Waals surface area (Å²) in [7, 11) is -1.40. The molecule has 8 heteroatoms. The van der Waals surface area contributed by atoms with Crippen LogP contribution in [0.3, 0.4) is 0 Å². The monoisotopic (exact) mass is 536 g/mol. The molecule has 1 aliphatic heterocycles. The van der Waals surface area contributed by atoms with E-state index in [1.807, 2.05) is 19.1 Å². The van der Waals surface area contributed by atoms with Crippen molar-refractivity contribution >= 4 is 39.8 Å². The smallest absolute Gasteiger partial charge is 0.191 e. The van der Waals surface area contributed by atoms with E-state index >= 15 is 0 Å². The van der Waals surface area contributed by atoms with Gasteiger partial charge in [-0.3, -0.25) is 9.89 Å². The molecule has 0 radical (unpaired) electrons. The van der Waals surface area contributed by atoms with Crippen molar-refractivity contribution in [3.63, 3.8) is 0 Å². The normalized spacial score (nSPS) is 18.4. The molecule has 2 N–H and O–H groups in total. The summed E-state index contributed by atoms with van der Waals surface area (Å²) < 4.78 is 23.5. The van der Waals surface area contributed by atoms with E-state index in [1.54, 1.807) is 13.1 Å². The summed E-state index contributed by atoms with van der Waals surface area (Å²) >= 11 is 0. The van der Waals surface area contributed by atoms with Crippen LogP contribution in [0.2, 0.25) is 0 Å². The number of halogens is 1. The van der Waals surface area contributed by atoms with Crippen molar-refractivity contribution < 1.29 is 8.42 Å². The standard InChI is InChI=1S/C21H36N4O2S.HI/c1-16(2)15-25-11-7-6-8-19(25)14-24-21(22-4)23-13-18-9-10-20(17(3)12-18)28(5,26)27;/h9-10,12,16,19H,6-8,11,13-15H2,1-5H3,(H2,22,23,24);1H. The molecule has 0 saturated carbocycles. The first-order chi connectivity index (χ1) is 13.2. The third kappa shape index (κ3) is 8.41.